The molecule has 2 amide bonds. The predicted molar refractivity (Wildman–Crippen MR) is 97.6 cm³/mol. The third-order valence-electron chi connectivity index (χ3n) is 5.25. The van der Waals surface area contributed by atoms with Gasteiger partial charge in [0, 0.05) is 36.1 Å². The second-order valence-electron chi connectivity index (χ2n) is 7.03. The number of H-pyrrole nitrogens is 1. The van der Waals surface area contributed by atoms with E-state index in [1.165, 1.54) is 19.3 Å². The van der Waals surface area contributed by atoms with Crippen molar-refractivity contribution in [3.63, 3.8) is 0 Å². The fourth-order valence-electron chi connectivity index (χ4n) is 3.77. The van der Waals surface area contributed by atoms with Crippen LogP contribution in [-0.4, -0.2) is 38.5 Å². The van der Waals surface area contributed by atoms with Crippen LogP contribution in [0, 0.1) is 0 Å². The summed E-state index contributed by atoms with van der Waals surface area (Å²) in [4.78, 5) is 38.3. The number of carbonyl (C=O) groups excluding carboxylic acids is 1. The lowest BCUT2D eigenvalue weighted by molar-refractivity contribution is 0.183. The van der Waals surface area contributed by atoms with Gasteiger partial charge in [0.05, 0.1) is 12.2 Å². The minimum absolute atomic E-state index is 0.0462. The highest BCUT2D eigenvalue weighted by Crippen LogP contribution is 2.20. The van der Waals surface area contributed by atoms with Crippen LogP contribution in [0.1, 0.15) is 43.4 Å². The second-order valence-corrected chi connectivity index (χ2v) is 7.03. The van der Waals surface area contributed by atoms with Crippen molar-refractivity contribution >= 4 is 6.03 Å². The maximum absolute atomic E-state index is 12.6. The molecule has 136 valence electrons. The molecule has 1 aliphatic heterocycles. The van der Waals surface area contributed by atoms with Crippen LogP contribution >= 0.6 is 0 Å². The number of urea groups is 1. The molecule has 0 radical (unpaired) electrons. The van der Waals surface area contributed by atoms with Crippen LogP contribution in [0.5, 0.6) is 0 Å². The van der Waals surface area contributed by atoms with Crippen molar-refractivity contribution in [3.05, 3.63) is 46.1 Å². The normalized spacial score (nSPS) is 17.6. The van der Waals surface area contributed by atoms with Gasteiger partial charge in [-0.1, -0.05) is 19.3 Å². The van der Waals surface area contributed by atoms with Gasteiger partial charge in [-0.2, -0.15) is 0 Å². The summed E-state index contributed by atoms with van der Waals surface area (Å²) in [5.74, 6) is 0.519. The Morgan fingerprint density at radius 3 is 2.73 bits per heavy atom. The highest BCUT2D eigenvalue weighted by Gasteiger charge is 2.26. The molecule has 7 heteroatoms. The Bertz CT molecular complexity index is 843. The third-order valence-corrected chi connectivity index (χ3v) is 5.25. The van der Waals surface area contributed by atoms with E-state index >= 15 is 0 Å². The highest BCUT2D eigenvalue weighted by molar-refractivity contribution is 5.75. The van der Waals surface area contributed by atoms with Gasteiger partial charge in [-0.25, -0.2) is 9.78 Å². The van der Waals surface area contributed by atoms with Crippen molar-refractivity contribution < 1.29 is 4.79 Å². The molecule has 2 aliphatic rings. The summed E-state index contributed by atoms with van der Waals surface area (Å²) in [6.07, 6.45) is 9.60. The summed E-state index contributed by atoms with van der Waals surface area (Å²) in [7, 11) is 0. The van der Waals surface area contributed by atoms with Crippen LogP contribution in [0.2, 0.25) is 0 Å². The van der Waals surface area contributed by atoms with Crippen molar-refractivity contribution in [2.75, 3.05) is 6.54 Å². The Hall–Kier alpha value is -2.70. The van der Waals surface area contributed by atoms with E-state index in [1.807, 2.05) is 0 Å². The molecule has 0 atom stereocenters. The number of aromatic amines is 1. The molecule has 0 spiro atoms. The minimum Gasteiger partial charge on any atom is -0.335 e. The lowest BCUT2D eigenvalue weighted by atomic mass is 9.96. The Labute approximate surface area is 151 Å². The molecule has 0 saturated heterocycles. The molecule has 2 aromatic rings. The quantitative estimate of drug-likeness (QED) is 0.866. The molecule has 2 aromatic heterocycles. The Morgan fingerprint density at radius 2 is 1.96 bits per heavy atom. The number of aromatic nitrogens is 3. The molecule has 7 nitrogen and oxygen atoms in total. The van der Waals surface area contributed by atoms with E-state index in [0.717, 1.165) is 18.4 Å². The van der Waals surface area contributed by atoms with E-state index in [2.05, 4.69) is 20.3 Å². The molecule has 4 rings (SSSR count). The van der Waals surface area contributed by atoms with E-state index in [4.69, 9.17) is 0 Å². The number of pyridine rings is 1. The largest absolute Gasteiger partial charge is 0.335 e. The first kappa shape index (κ1) is 16.8. The van der Waals surface area contributed by atoms with E-state index in [1.54, 1.807) is 29.4 Å². The number of hydrogen-bond acceptors (Lipinski definition) is 4. The SMILES string of the molecule is O=C(NC1CCCCC1)N1CCc2c(nc(-c3ccncc3)[nH]c2=O)C1. The zero-order valence-electron chi connectivity index (χ0n) is 14.7. The first-order valence-corrected chi connectivity index (χ1v) is 9.28. The van der Waals surface area contributed by atoms with Crippen LogP contribution in [0.3, 0.4) is 0 Å². The predicted octanol–water partition coefficient (Wildman–Crippen LogP) is 2.23. The summed E-state index contributed by atoms with van der Waals surface area (Å²) in [6.45, 7) is 0.917. The molecule has 0 aromatic carbocycles. The zero-order chi connectivity index (χ0) is 17.9. The van der Waals surface area contributed by atoms with E-state index in [9.17, 15) is 9.59 Å². The van der Waals surface area contributed by atoms with Crippen LogP contribution in [0.4, 0.5) is 4.79 Å². The van der Waals surface area contributed by atoms with Gasteiger partial charge in [0.1, 0.15) is 5.82 Å². The van der Waals surface area contributed by atoms with E-state index < -0.39 is 0 Å². The lowest BCUT2D eigenvalue weighted by Crippen LogP contribution is -2.48. The number of amides is 2. The Kier molecular flexibility index (Phi) is 4.69. The van der Waals surface area contributed by atoms with E-state index in [-0.39, 0.29) is 17.6 Å². The zero-order valence-corrected chi connectivity index (χ0v) is 14.7. The lowest BCUT2D eigenvalue weighted by Gasteiger charge is -2.31. The number of nitrogens with zero attached hydrogens (tertiary/aromatic N) is 3. The Morgan fingerprint density at radius 1 is 1.19 bits per heavy atom. The fraction of sp³-hybridized carbons (Fsp3) is 0.474. The maximum atomic E-state index is 12.6. The topological polar surface area (TPSA) is 91.0 Å². The molecule has 26 heavy (non-hydrogen) atoms. The van der Waals surface area contributed by atoms with Gasteiger partial charge in [-0.05, 0) is 31.4 Å². The Balaban J connectivity index is 1.53. The second kappa shape index (κ2) is 7.27. The minimum atomic E-state index is -0.117. The van der Waals surface area contributed by atoms with Gasteiger partial charge in [0.2, 0.25) is 0 Å². The van der Waals surface area contributed by atoms with Crippen LogP contribution in [0.15, 0.2) is 29.3 Å². The van der Waals surface area contributed by atoms with Gasteiger partial charge in [-0.15, -0.1) is 0 Å². The van der Waals surface area contributed by atoms with Crippen molar-refractivity contribution in [1.82, 2.24) is 25.2 Å². The average molecular weight is 353 g/mol. The number of fused-ring (bicyclic) bond motifs is 1. The van der Waals surface area contributed by atoms with Crippen molar-refractivity contribution in [3.8, 4) is 11.4 Å². The molecule has 1 fully saturated rings. The molecule has 0 unspecified atom stereocenters. The van der Waals surface area contributed by atoms with Crippen molar-refractivity contribution in [2.45, 2.75) is 51.1 Å². The number of hydrogen-bond donors (Lipinski definition) is 2. The third kappa shape index (κ3) is 3.47. The summed E-state index contributed by atoms with van der Waals surface area (Å²) < 4.78 is 0. The van der Waals surface area contributed by atoms with E-state index in [0.29, 0.717) is 36.6 Å². The molecule has 1 saturated carbocycles. The molecule has 0 bridgehead atoms. The highest BCUT2D eigenvalue weighted by atomic mass is 16.2. The number of rotatable bonds is 2. The average Bonchev–Trinajstić information content (AvgIpc) is 2.69. The number of carbonyl (C=O) groups is 1. The van der Waals surface area contributed by atoms with Gasteiger partial charge in [0.15, 0.2) is 0 Å². The first-order chi connectivity index (χ1) is 12.7. The molecular weight excluding hydrogens is 330 g/mol. The summed E-state index contributed by atoms with van der Waals surface area (Å²) >= 11 is 0. The van der Waals surface area contributed by atoms with Gasteiger partial charge < -0.3 is 15.2 Å². The molecular formula is C19H23N5O2. The monoisotopic (exact) mass is 353 g/mol. The molecule has 3 heterocycles. The molecule has 2 N–H and O–H groups in total. The molecule has 1 aliphatic carbocycles. The van der Waals surface area contributed by atoms with Crippen LogP contribution in [0.25, 0.3) is 11.4 Å². The van der Waals surface area contributed by atoms with Crippen LogP contribution < -0.4 is 10.9 Å². The van der Waals surface area contributed by atoms with Crippen LogP contribution in [-0.2, 0) is 13.0 Å². The smallest absolute Gasteiger partial charge is 0.317 e. The summed E-state index contributed by atoms with van der Waals surface area (Å²) in [6, 6.07) is 3.84. The van der Waals surface area contributed by atoms with Crippen molar-refractivity contribution in [1.29, 1.82) is 0 Å². The maximum Gasteiger partial charge on any atom is 0.317 e. The van der Waals surface area contributed by atoms with Gasteiger partial charge >= 0.3 is 6.03 Å². The fourth-order valence-corrected chi connectivity index (χ4v) is 3.77. The van der Waals surface area contributed by atoms with Crippen molar-refractivity contribution in [2.24, 2.45) is 0 Å². The van der Waals surface area contributed by atoms with Gasteiger partial charge in [-0.3, -0.25) is 9.78 Å². The standard InChI is InChI=1S/C19H23N5O2/c25-18-15-8-11-24(19(26)21-14-4-2-1-3-5-14)12-16(15)22-17(23-18)13-6-9-20-10-7-13/h6-7,9-10,14H,1-5,8,11-12H2,(H,21,26)(H,22,23,25). The first-order valence-electron chi connectivity index (χ1n) is 9.28. The van der Waals surface area contributed by atoms with Gasteiger partial charge in [0.25, 0.3) is 5.56 Å². The summed E-state index contributed by atoms with van der Waals surface area (Å²) in [5.41, 5.74) is 2.06. The summed E-state index contributed by atoms with van der Waals surface area (Å²) in [5, 5.41) is 3.15. The number of nitrogens with one attached hydrogen (secondary N) is 2.